The number of ether oxygens (including phenoxy) is 1. The van der Waals surface area contributed by atoms with Gasteiger partial charge in [0.25, 0.3) is 0 Å². The van der Waals surface area contributed by atoms with Crippen molar-refractivity contribution in [2.24, 2.45) is 5.92 Å². The molecular weight excluding hydrogens is 262 g/mol. The fraction of sp³-hybridized carbons (Fsp3) is 0.571. The molecule has 1 aromatic rings. The van der Waals surface area contributed by atoms with Gasteiger partial charge < -0.3 is 9.64 Å². The first-order valence-electron chi connectivity index (χ1n) is 6.65. The lowest BCUT2D eigenvalue weighted by Gasteiger charge is -2.24. The van der Waals surface area contributed by atoms with E-state index in [2.05, 4.69) is 0 Å². The molecule has 0 amide bonds. The van der Waals surface area contributed by atoms with Crippen molar-refractivity contribution >= 4 is 15.5 Å². The average Bonchev–Trinajstić information content (AvgIpc) is 2.91. The quantitative estimate of drug-likeness (QED) is 0.828. The molecule has 1 atom stereocenters. The molecule has 0 N–H and O–H groups in total. The molecule has 0 aromatic heterocycles. The van der Waals surface area contributed by atoms with Crippen LogP contribution in [-0.4, -0.2) is 41.0 Å². The molecule has 1 aliphatic rings. The molecule has 1 fully saturated rings. The Labute approximate surface area is 115 Å². The second kappa shape index (κ2) is 5.92. The molecule has 0 radical (unpaired) electrons. The van der Waals surface area contributed by atoms with Crippen molar-refractivity contribution in [3.63, 3.8) is 0 Å². The molecule has 0 aliphatic carbocycles. The van der Waals surface area contributed by atoms with Gasteiger partial charge >= 0.3 is 0 Å². The number of rotatable bonds is 5. The Morgan fingerprint density at radius 3 is 2.74 bits per heavy atom. The molecule has 1 unspecified atom stereocenters. The van der Waals surface area contributed by atoms with E-state index in [-0.39, 0.29) is 5.75 Å². The summed E-state index contributed by atoms with van der Waals surface area (Å²) in [7, 11) is -1.23. The van der Waals surface area contributed by atoms with Crippen LogP contribution in [0.15, 0.2) is 29.2 Å². The van der Waals surface area contributed by atoms with Crippen LogP contribution in [-0.2, 0) is 14.6 Å². The molecular formula is C14H21NO3S. The minimum atomic E-state index is -3.18. The van der Waals surface area contributed by atoms with Crippen LogP contribution in [0.25, 0.3) is 0 Å². The standard InChI is InChI=1S/C14H21NO3S/c1-3-19(16,17)14-7-5-4-6-13(14)15(2)10-12-8-9-18-11-12/h4-7,12H,3,8-11H2,1-2H3. The fourth-order valence-corrected chi connectivity index (χ4v) is 3.54. The Bertz CT molecular complexity index is 521. The molecule has 2 rings (SSSR count). The maximum atomic E-state index is 12.1. The van der Waals surface area contributed by atoms with Crippen LogP contribution in [0.3, 0.4) is 0 Å². The van der Waals surface area contributed by atoms with Crippen LogP contribution in [0.5, 0.6) is 0 Å². The summed E-state index contributed by atoms with van der Waals surface area (Å²) in [5.74, 6) is 0.618. The maximum Gasteiger partial charge on any atom is 0.180 e. The number of nitrogens with zero attached hydrogens (tertiary/aromatic N) is 1. The molecule has 1 aromatic carbocycles. The highest BCUT2D eigenvalue weighted by Gasteiger charge is 2.22. The largest absolute Gasteiger partial charge is 0.381 e. The summed E-state index contributed by atoms with van der Waals surface area (Å²) >= 11 is 0. The third-order valence-electron chi connectivity index (χ3n) is 3.55. The highest BCUT2D eigenvalue weighted by atomic mass is 32.2. The minimum absolute atomic E-state index is 0.129. The molecule has 0 spiro atoms. The summed E-state index contributed by atoms with van der Waals surface area (Å²) < 4.78 is 29.6. The summed E-state index contributed by atoms with van der Waals surface area (Å²) in [4.78, 5) is 2.46. The van der Waals surface area contributed by atoms with E-state index >= 15 is 0 Å². The van der Waals surface area contributed by atoms with E-state index in [1.54, 1.807) is 19.1 Å². The third-order valence-corrected chi connectivity index (χ3v) is 5.32. The van der Waals surface area contributed by atoms with E-state index in [4.69, 9.17) is 4.74 Å². The SMILES string of the molecule is CCS(=O)(=O)c1ccccc1N(C)CC1CCOC1. The third kappa shape index (κ3) is 3.28. The van der Waals surface area contributed by atoms with E-state index in [1.165, 1.54) is 0 Å². The lowest BCUT2D eigenvalue weighted by Crippen LogP contribution is -2.27. The number of sulfone groups is 1. The number of benzene rings is 1. The molecule has 1 aliphatic heterocycles. The van der Waals surface area contributed by atoms with Crippen LogP contribution in [0.4, 0.5) is 5.69 Å². The average molecular weight is 283 g/mol. The predicted octanol–water partition coefficient (Wildman–Crippen LogP) is 1.95. The normalized spacial score (nSPS) is 19.6. The van der Waals surface area contributed by atoms with Crippen molar-refractivity contribution in [3.8, 4) is 0 Å². The first kappa shape index (κ1) is 14.3. The van der Waals surface area contributed by atoms with Crippen LogP contribution in [0, 0.1) is 5.92 Å². The Morgan fingerprint density at radius 2 is 2.11 bits per heavy atom. The smallest absolute Gasteiger partial charge is 0.180 e. The van der Waals surface area contributed by atoms with Crippen molar-refractivity contribution < 1.29 is 13.2 Å². The lowest BCUT2D eigenvalue weighted by molar-refractivity contribution is 0.186. The van der Waals surface area contributed by atoms with Gasteiger partial charge in [0.2, 0.25) is 0 Å². The van der Waals surface area contributed by atoms with Gasteiger partial charge in [-0.15, -0.1) is 0 Å². The fourth-order valence-electron chi connectivity index (χ4n) is 2.40. The Morgan fingerprint density at radius 1 is 1.37 bits per heavy atom. The molecule has 0 saturated carbocycles. The lowest BCUT2D eigenvalue weighted by atomic mass is 10.1. The van der Waals surface area contributed by atoms with Gasteiger partial charge in [-0.1, -0.05) is 19.1 Å². The second-order valence-corrected chi connectivity index (χ2v) is 7.23. The monoisotopic (exact) mass is 283 g/mol. The van der Waals surface area contributed by atoms with Gasteiger partial charge in [0.15, 0.2) is 9.84 Å². The molecule has 0 bridgehead atoms. The van der Waals surface area contributed by atoms with Crippen molar-refractivity contribution in [2.45, 2.75) is 18.2 Å². The molecule has 1 saturated heterocycles. The Kier molecular flexibility index (Phi) is 4.47. The van der Waals surface area contributed by atoms with Crippen LogP contribution < -0.4 is 4.90 Å². The van der Waals surface area contributed by atoms with E-state index in [0.29, 0.717) is 10.8 Å². The van der Waals surface area contributed by atoms with Gasteiger partial charge in [0.1, 0.15) is 0 Å². The van der Waals surface area contributed by atoms with Gasteiger partial charge in [-0.25, -0.2) is 8.42 Å². The van der Waals surface area contributed by atoms with Crippen molar-refractivity contribution in [1.82, 2.24) is 0 Å². The first-order valence-corrected chi connectivity index (χ1v) is 8.30. The van der Waals surface area contributed by atoms with Crippen LogP contribution >= 0.6 is 0 Å². The van der Waals surface area contributed by atoms with Crippen molar-refractivity contribution in [1.29, 1.82) is 0 Å². The number of anilines is 1. The second-order valence-electron chi connectivity index (χ2n) is 4.98. The molecule has 5 heteroatoms. The molecule has 106 valence electrons. The van der Waals surface area contributed by atoms with E-state index in [9.17, 15) is 8.42 Å². The zero-order valence-corrected chi connectivity index (χ0v) is 12.3. The van der Waals surface area contributed by atoms with Gasteiger partial charge in [0.05, 0.1) is 22.9 Å². The van der Waals surface area contributed by atoms with E-state index < -0.39 is 9.84 Å². The topological polar surface area (TPSA) is 46.6 Å². The van der Waals surface area contributed by atoms with Crippen LogP contribution in [0.2, 0.25) is 0 Å². The van der Waals surface area contributed by atoms with Gasteiger partial charge in [-0.05, 0) is 18.6 Å². The number of hydrogen-bond donors (Lipinski definition) is 0. The zero-order chi connectivity index (χ0) is 13.9. The molecule has 19 heavy (non-hydrogen) atoms. The van der Waals surface area contributed by atoms with E-state index in [0.717, 1.165) is 31.9 Å². The molecule has 1 heterocycles. The summed E-state index contributed by atoms with van der Waals surface area (Å²) in [5.41, 5.74) is 0.788. The molecule has 4 nitrogen and oxygen atoms in total. The summed E-state index contributed by atoms with van der Waals surface area (Å²) in [6, 6.07) is 7.22. The van der Waals surface area contributed by atoms with Gasteiger partial charge in [-0.2, -0.15) is 0 Å². The van der Waals surface area contributed by atoms with Crippen molar-refractivity contribution in [3.05, 3.63) is 24.3 Å². The van der Waals surface area contributed by atoms with Crippen molar-refractivity contribution in [2.75, 3.05) is 37.5 Å². The van der Waals surface area contributed by atoms with Gasteiger partial charge in [0, 0.05) is 26.1 Å². The van der Waals surface area contributed by atoms with E-state index in [1.807, 2.05) is 24.1 Å². The first-order chi connectivity index (χ1) is 9.04. The zero-order valence-electron chi connectivity index (χ0n) is 11.5. The van der Waals surface area contributed by atoms with Gasteiger partial charge in [-0.3, -0.25) is 0 Å². The number of para-hydroxylation sites is 1. The Balaban J connectivity index is 2.23. The summed E-state index contributed by atoms with van der Waals surface area (Å²) in [6.45, 7) is 4.09. The highest BCUT2D eigenvalue weighted by Crippen LogP contribution is 2.26. The minimum Gasteiger partial charge on any atom is -0.381 e. The summed E-state index contributed by atoms with van der Waals surface area (Å²) in [5, 5.41) is 0. The van der Waals surface area contributed by atoms with Crippen LogP contribution in [0.1, 0.15) is 13.3 Å². The maximum absolute atomic E-state index is 12.1. The highest BCUT2D eigenvalue weighted by molar-refractivity contribution is 7.91. The predicted molar refractivity (Wildman–Crippen MR) is 76.4 cm³/mol. The Hall–Kier alpha value is -1.07. The number of hydrogen-bond acceptors (Lipinski definition) is 4. The summed E-state index contributed by atoms with van der Waals surface area (Å²) in [6.07, 6.45) is 1.05.